The van der Waals surface area contributed by atoms with Gasteiger partial charge in [-0.15, -0.1) is 16.4 Å². The number of carboxylic acids is 1. The van der Waals surface area contributed by atoms with Crippen molar-refractivity contribution in [1.29, 1.82) is 0 Å². The first-order valence-electron chi connectivity index (χ1n) is 11.6. The number of aromatic nitrogens is 4. The molecule has 3 aromatic rings. The number of rotatable bonds is 6. The Morgan fingerprint density at radius 1 is 1.24 bits per heavy atom. The lowest BCUT2D eigenvalue weighted by atomic mass is 9.82. The number of nitrogens with zero attached hydrogens (tertiary/aromatic N) is 5. The molecule has 2 fully saturated rings. The number of thiazole rings is 1. The highest BCUT2D eigenvalue weighted by Crippen LogP contribution is 2.40. The van der Waals surface area contributed by atoms with Crippen LogP contribution in [0.1, 0.15) is 54.1 Å². The monoisotopic (exact) mass is 481 g/mol. The molecule has 1 N–H and O–H groups in total. The van der Waals surface area contributed by atoms with Gasteiger partial charge in [-0.2, -0.15) is 0 Å². The molecule has 0 bridgehead atoms. The summed E-state index contributed by atoms with van der Waals surface area (Å²) in [7, 11) is 0. The molecule has 5 rings (SSSR count). The molecule has 1 spiro atoms. The number of ether oxygens (including phenoxy) is 1. The van der Waals surface area contributed by atoms with Crippen molar-refractivity contribution >= 4 is 23.2 Å². The number of likely N-dealkylation sites (tertiary alicyclic amines) is 1. The summed E-state index contributed by atoms with van der Waals surface area (Å²) in [5.41, 5.74) is 3.35. The molecule has 4 heterocycles. The van der Waals surface area contributed by atoms with Crippen molar-refractivity contribution in [2.24, 2.45) is 0 Å². The normalized spacial score (nSPS) is 19.9. The number of carbonyl (C=O) groups excluding carboxylic acids is 1. The second-order valence-corrected chi connectivity index (χ2v) is 9.86. The summed E-state index contributed by atoms with van der Waals surface area (Å²) in [6.45, 7) is 1.96. The zero-order valence-electron chi connectivity index (χ0n) is 18.8. The maximum absolute atomic E-state index is 12.8. The highest BCUT2D eigenvalue weighted by Gasteiger charge is 2.42. The van der Waals surface area contributed by atoms with E-state index in [1.165, 1.54) is 0 Å². The van der Waals surface area contributed by atoms with E-state index >= 15 is 0 Å². The Balaban J connectivity index is 1.17. The summed E-state index contributed by atoms with van der Waals surface area (Å²) in [6, 6.07) is 7.10. The largest absolute Gasteiger partial charge is 0.478 e. The third-order valence-corrected chi connectivity index (χ3v) is 7.72. The van der Waals surface area contributed by atoms with Gasteiger partial charge >= 0.3 is 5.97 Å². The first-order valence-corrected chi connectivity index (χ1v) is 12.4. The topological polar surface area (TPSA) is 110 Å². The number of carboxylic acid groups (broad SMARTS) is 1. The maximum Gasteiger partial charge on any atom is 0.335 e. The number of carbonyl (C=O) groups is 2. The van der Waals surface area contributed by atoms with Crippen LogP contribution in [-0.2, 0) is 16.0 Å². The zero-order chi connectivity index (χ0) is 23.5. The van der Waals surface area contributed by atoms with Crippen LogP contribution in [0.5, 0.6) is 0 Å². The van der Waals surface area contributed by atoms with Gasteiger partial charge in [-0.05, 0) is 43.7 Å². The quantitative estimate of drug-likeness (QED) is 0.574. The molecular weight excluding hydrogens is 454 g/mol. The number of hydrogen-bond donors (Lipinski definition) is 1. The van der Waals surface area contributed by atoms with Gasteiger partial charge in [0.25, 0.3) is 0 Å². The minimum Gasteiger partial charge on any atom is -0.478 e. The van der Waals surface area contributed by atoms with Crippen molar-refractivity contribution < 1.29 is 19.4 Å². The Labute approximate surface area is 201 Å². The van der Waals surface area contributed by atoms with E-state index in [4.69, 9.17) is 4.74 Å². The summed E-state index contributed by atoms with van der Waals surface area (Å²) in [5, 5.41) is 18.0. The van der Waals surface area contributed by atoms with Gasteiger partial charge in [-0.1, -0.05) is 23.4 Å². The first kappa shape index (κ1) is 22.7. The third-order valence-electron chi connectivity index (χ3n) is 6.92. The number of hydrogen-bond acceptors (Lipinski definition) is 7. The molecule has 0 aliphatic carbocycles. The standard InChI is InChI=1S/C24H27N5O4S/c30-22(6-5-17-3-1-2-4-19(17)23(31)32)28-10-8-24(9-11-28)13-18(7-12-33-24)29-15-20(26-27-29)21-14-25-16-34-21/h1-4,14-16,18H,5-13H2,(H,31,32). The predicted octanol–water partition coefficient (Wildman–Crippen LogP) is 3.45. The molecule has 0 saturated carbocycles. The fourth-order valence-corrected chi connectivity index (χ4v) is 5.57. The molecule has 1 aromatic carbocycles. The van der Waals surface area contributed by atoms with Crippen LogP contribution in [0, 0.1) is 0 Å². The molecule has 2 aliphatic heterocycles. The lowest BCUT2D eigenvalue weighted by molar-refractivity contribution is -0.146. The Morgan fingerprint density at radius 2 is 2.06 bits per heavy atom. The second kappa shape index (κ2) is 9.63. The van der Waals surface area contributed by atoms with Gasteiger partial charge in [-0.3, -0.25) is 9.78 Å². The van der Waals surface area contributed by atoms with Gasteiger partial charge in [0, 0.05) is 32.3 Å². The number of aromatic carboxylic acids is 1. The van der Waals surface area contributed by atoms with Crippen LogP contribution in [0.2, 0.25) is 0 Å². The summed E-state index contributed by atoms with van der Waals surface area (Å²) < 4.78 is 8.22. The molecule has 2 aromatic heterocycles. The smallest absolute Gasteiger partial charge is 0.335 e. The van der Waals surface area contributed by atoms with Gasteiger partial charge < -0.3 is 14.7 Å². The zero-order valence-corrected chi connectivity index (χ0v) is 19.6. The minimum atomic E-state index is -0.960. The molecule has 10 heteroatoms. The van der Waals surface area contributed by atoms with Crippen LogP contribution in [-0.4, -0.2) is 67.2 Å². The molecule has 178 valence electrons. The van der Waals surface area contributed by atoms with E-state index in [2.05, 4.69) is 15.3 Å². The molecule has 1 atom stereocenters. The van der Waals surface area contributed by atoms with Crippen molar-refractivity contribution in [3.05, 3.63) is 53.3 Å². The SMILES string of the molecule is O=C(O)c1ccccc1CCC(=O)N1CCC2(CC1)CC(n1cc(-c3cncs3)nn1)CCO2. The molecule has 0 radical (unpaired) electrons. The molecule has 2 aliphatic rings. The van der Waals surface area contributed by atoms with Gasteiger partial charge in [0.1, 0.15) is 5.69 Å². The average Bonchev–Trinajstić information content (AvgIpc) is 3.55. The Bertz CT molecular complexity index is 1150. The molecule has 34 heavy (non-hydrogen) atoms. The Kier molecular flexibility index (Phi) is 6.42. The van der Waals surface area contributed by atoms with Gasteiger partial charge in [-0.25, -0.2) is 9.48 Å². The summed E-state index contributed by atoms with van der Waals surface area (Å²) in [4.78, 5) is 31.3. The van der Waals surface area contributed by atoms with E-state index in [0.717, 1.165) is 36.3 Å². The van der Waals surface area contributed by atoms with E-state index in [1.807, 2.05) is 21.8 Å². The summed E-state index contributed by atoms with van der Waals surface area (Å²) in [6.07, 6.45) is 7.85. The van der Waals surface area contributed by atoms with E-state index in [1.54, 1.807) is 41.2 Å². The van der Waals surface area contributed by atoms with E-state index in [-0.39, 0.29) is 23.1 Å². The van der Waals surface area contributed by atoms with Crippen LogP contribution in [0.4, 0.5) is 0 Å². The van der Waals surface area contributed by atoms with Crippen LogP contribution in [0.3, 0.4) is 0 Å². The van der Waals surface area contributed by atoms with Crippen molar-refractivity contribution in [3.8, 4) is 10.6 Å². The maximum atomic E-state index is 12.8. The minimum absolute atomic E-state index is 0.0628. The van der Waals surface area contributed by atoms with E-state index < -0.39 is 5.97 Å². The van der Waals surface area contributed by atoms with Crippen molar-refractivity contribution in [2.75, 3.05) is 19.7 Å². The average molecular weight is 482 g/mol. The summed E-state index contributed by atoms with van der Waals surface area (Å²) >= 11 is 1.55. The number of piperidine rings is 1. The molecule has 9 nitrogen and oxygen atoms in total. The van der Waals surface area contributed by atoms with Crippen LogP contribution >= 0.6 is 11.3 Å². The van der Waals surface area contributed by atoms with Crippen molar-refractivity contribution in [3.63, 3.8) is 0 Å². The lowest BCUT2D eigenvalue weighted by Crippen LogP contribution is -2.51. The lowest BCUT2D eigenvalue weighted by Gasteiger charge is -2.46. The Hall–Kier alpha value is -3.11. The molecule has 1 amide bonds. The van der Waals surface area contributed by atoms with Crippen LogP contribution in [0.15, 0.2) is 42.2 Å². The van der Waals surface area contributed by atoms with Gasteiger partial charge in [0.05, 0.1) is 33.8 Å². The predicted molar refractivity (Wildman–Crippen MR) is 126 cm³/mol. The van der Waals surface area contributed by atoms with Crippen molar-refractivity contribution in [2.45, 2.75) is 50.2 Å². The van der Waals surface area contributed by atoms with Gasteiger partial charge in [0.2, 0.25) is 5.91 Å². The Morgan fingerprint density at radius 3 is 2.82 bits per heavy atom. The summed E-state index contributed by atoms with van der Waals surface area (Å²) in [5.74, 6) is -0.897. The first-order chi connectivity index (χ1) is 16.5. The highest BCUT2D eigenvalue weighted by atomic mass is 32.1. The highest BCUT2D eigenvalue weighted by molar-refractivity contribution is 7.13. The number of benzene rings is 1. The fraction of sp³-hybridized carbons (Fsp3) is 0.458. The number of aryl methyl sites for hydroxylation is 1. The third kappa shape index (κ3) is 4.74. The number of amides is 1. The van der Waals surface area contributed by atoms with E-state index in [0.29, 0.717) is 38.1 Å². The van der Waals surface area contributed by atoms with Crippen LogP contribution < -0.4 is 0 Å². The van der Waals surface area contributed by atoms with Crippen LogP contribution in [0.25, 0.3) is 10.6 Å². The van der Waals surface area contributed by atoms with E-state index in [9.17, 15) is 14.7 Å². The molecule has 2 saturated heterocycles. The van der Waals surface area contributed by atoms with Gasteiger partial charge in [0.15, 0.2) is 0 Å². The fourth-order valence-electron chi connectivity index (χ4n) is 5.00. The molecule has 1 unspecified atom stereocenters. The van der Waals surface area contributed by atoms with Crippen molar-refractivity contribution in [1.82, 2.24) is 24.9 Å². The molecular formula is C24H27N5O4S. The second-order valence-electron chi connectivity index (χ2n) is 8.97.